The first-order valence-corrected chi connectivity index (χ1v) is 8.72. The molecule has 0 spiro atoms. The van der Waals surface area contributed by atoms with Crippen LogP contribution in [0.15, 0.2) is 36.4 Å². The fraction of sp³-hybridized carbons (Fsp3) is 0.333. The fourth-order valence-electron chi connectivity index (χ4n) is 3.10. The summed E-state index contributed by atoms with van der Waals surface area (Å²) in [6.07, 6.45) is 0.566. The van der Waals surface area contributed by atoms with Gasteiger partial charge in [0.2, 0.25) is 11.8 Å². The average Bonchev–Trinajstić information content (AvgIpc) is 3.38. The van der Waals surface area contributed by atoms with Gasteiger partial charge in [-0.25, -0.2) is 0 Å². The van der Waals surface area contributed by atoms with Crippen molar-refractivity contribution in [3.8, 4) is 5.75 Å². The summed E-state index contributed by atoms with van der Waals surface area (Å²) >= 11 is 0. The Morgan fingerprint density at radius 2 is 1.46 bits per heavy atom. The van der Waals surface area contributed by atoms with E-state index in [-0.39, 0.29) is 23.7 Å². The van der Waals surface area contributed by atoms with Crippen molar-refractivity contribution < 1.29 is 14.3 Å². The van der Waals surface area contributed by atoms with Gasteiger partial charge in [-0.15, -0.1) is 0 Å². The van der Waals surface area contributed by atoms with Gasteiger partial charge in [0.05, 0.1) is 24.6 Å². The lowest BCUT2D eigenvalue weighted by molar-refractivity contribution is -0.122. The molecule has 0 radical (unpaired) electrons. The van der Waals surface area contributed by atoms with E-state index in [2.05, 4.69) is 10.6 Å². The zero-order valence-corrected chi connectivity index (χ0v) is 15.6. The van der Waals surface area contributed by atoms with Gasteiger partial charge in [0.15, 0.2) is 0 Å². The van der Waals surface area contributed by atoms with Gasteiger partial charge in [0.25, 0.3) is 0 Å². The number of benzene rings is 2. The Balaban J connectivity index is 1.62. The number of nitrogens with one attached hydrogen (secondary N) is 2. The summed E-state index contributed by atoms with van der Waals surface area (Å²) in [5, 5.41) is 5.82. The lowest BCUT2D eigenvalue weighted by atomic mass is 10.1. The highest BCUT2D eigenvalue weighted by molar-refractivity contribution is 6.04. The number of amides is 2. The zero-order valence-electron chi connectivity index (χ0n) is 15.6. The third-order valence-electron chi connectivity index (χ3n) is 4.72. The number of hydrogen-bond donors (Lipinski definition) is 2. The lowest BCUT2D eigenvalue weighted by Crippen LogP contribution is -2.21. The standard InChI is InChI=1S/C21H24N2O3/c1-12-5-7-17(14(3)9-12)22-20(24)15-11-16(15)21(25)23-18-10-13(2)6-8-19(18)26-4/h5-10,15-16H,11H2,1-4H3,(H,22,24)(H,23,25). The molecular formula is C21H24N2O3. The molecule has 5 nitrogen and oxygen atoms in total. The van der Waals surface area contributed by atoms with E-state index in [1.165, 1.54) is 0 Å². The fourth-order valence-corrected chi connectivity index (χ4v) is 3.10. The number of ether oxygens (including phenoxy) is 1. The van der Waals surface area contributed by atoms with Crippen LogP contribution in [0.1, 0.15) is 23.1 Å². The van der Waals surface area contributed by atoms with E-state index in [0.717, 1.165) is 22.4 Å². The summed E-state index contributed by atoms with van der Waals surface area (Å²) in [4.78, 5) is 24.9. The zero-order chi connectivity index (χ0) is 18.8. The van der Waals surface area contributed by atoms with Crippen LogP contribution in [0.5, 0.6) is 5.75 Å². The number of carbonyl (C=O) groups is 2. The van der Waals surface area contributed by atoms with Crippen LogP contribution in [0.25, 0.3) is 0 Å². The SMILES string of the molecule is COc1ccc(C)cc1NC(=O)C1CC1C(=O)Nc1ccc(C)cc1C. The van der Waals surface area contributed by atoms with E-state index < -0.39 is 0 Å². The van der Waals surface area contributed by atoms with E-state index in [4.69, 9.17) is 4.74 Å². The Hall–Kier alpha value is -2.82. The maximum absolute atomic E-state index is 12.5. The number of rotatable bonds is 5. The van der Waals surface area contributed by atoms with Gasteiger partial charge in [-0.05, 0) is 56.5 Å². The summed E-state index contributed by atoms with van der Waals surface area (Å²) in [6.45, 7) is 5.93. The molecule has 2 N–H and O–H groups in total. The first kappa shape index (κ1) is 18.0. The van der Waals surface area contributed by atoms with Crippen LogP contribution in [0.3, 0.4) is 0 Å². The van der Waals surface area contributed by atoms with E-state index in [0.29, 0.717) is 17.9 Å². The summed E-state index contributed by atoms with van der Waals surface area (Å²) in [5.41, 5.74) is 4.63. The monoisotopic (exact) mass is 352 g/mol. The summed E-state index contributed by atoms with van der Waals surface area (Å²) < 4.78 is 5.28. The topological polar surface area (TPSA) is 67.4 Å². The molecule has 26 heavy (non-hydrogen) atoms. The highest BCUT2D eigenvalue weighted by atomic mass is 16.5. The second-order valence-electron chi connectivity index (χ2n) is 6.95. The second-order valence-corrected chi connectivity index (χ2v) is 6.95. The van der Waals surface area contributed by atoms with Crippen molar-refractivity contribution in [2.75, 3.05) is 17.7 Å². The molecular weight excluding hydrogens is 328 g/mol. The van der Waals surface area contributed by atoms with E-state index in [1.807, 2.05) is 57.2 Å². The largest absolute Gasteiger partial charge is 0.495 e. The van der Waals surface area contributed by atoms with Crippen molar-refractivity contribution in [3.05, 3.63) is 53.1 Å². The molecule has 1 aliphatic rings. The van der Waals surface area contributed by atoms with Gasteiger partial charge in [-0.2, -0.15) is 0 Å². The minimum atomic E-state index is -0.300. The van der Waals surface area contributed by atoms with Crippen molar-refractivity contribution in [3.63, 3.8) is 0 Å². The molecule has 0 heterocycles. The normalized spacial score (nSPS) is 18.2. The number of anilines is 2. The predicted molar refractivity (Wildman–Crippen MR) is 103 cm³/mol. The Labute approximate surface area is 153 Å². The predicted octanol–water partition coefficient (Wildman–Crippen LogP) is 3.83. The maximum Gasteiger partial charge on any atom is 0.228 e. The highest BCUT2D eigenvalue weighted by Gasteiger charge is 2.48. The van der Waals surface area contributed by atoms with Gasteiger partial charge in [0, 0.05) is 5.69 Å². The summed E-state index contributed by atoms with van der Waals surface area (Å²) in [5.74, 6) is -0.221. The Morgan fingerprint density at radius 1 is 0.885 bits per heavy atom. The molecule has 1 fully saturated rings. The average molecular weight is 352 g/mol. The molecule has 5 heteroatoms. The second kappa shape index (κ2) is 7.20. The molecule has 2 aromatic carbocycles. The van der Waals surface area contributed by atoms with Crippen LogP contribution in [-0.2, 0) is 9.59 Å². The van der Waals surface area contributed by atoms with Crippen molar-refractivity contribution in [2.45, 2.75) is 27.2 Å². The molecule has 2 unspecified atom stereocenters. The first-order valence-electron chi connectivity index (χ1n) is 8.72. The number of methoxy groups -OCH3 is 1. The molecule has 3 rings (SSSR count). The highest BCUT2D eigenvalue weighted by Crippen LogP contribution is 2.41. The van der Waals surface area contributed by atoms with Crippen LogP contribution in [0.2, 0.25) is 0 Å². The van der Waals surface area contributed by atoms with Gasteiger partial charge >= 0.3 is 0 Å². The minimum absolute atomic E-state index is 0.103. The first-order chi connectivity index (χ1) is 12.4. The molecule has 2 amide bonds. The van der Waals surface area contributed by atoms with Crippen LogP contribution >= 0.6 is 0 Å². The third-order valence-corrected chi connectivity index (χ3v) is 4.72. The molecule has 1 saturated carbocycles. The molecule has 0 aliphatic heterocycles. The molecule has 0 bridgehead atoms. The lowest BCUT2D eigenvalue weighted by Gasteiger charge is -2.11. The van der Waals surface area contributed by atoms with Gasteiger partial charge < -0.3 is 15.4 Å². The van der Waals surface area contributed by atoms with E-state index in [1.54, 1.807) is 7.11 Å². The van der Waals surface area contributed by atoms with Crippen LogP contribution in [0, 0.1) is 32.6 Å². The van der Waals surface area contributed by atoms with Crippen LogP contribution in [0.4, 0.5) is 11.4 Å². The number of aryl methyl sites for hydroxylation is 3. The Morgan fingerprint density at radius 3 is 2.08 bits per heavy atom. The van der Waals surface area contributed by atoms with Crippen molar-refractivity contribution in [1.29, 1.82) is 0 Å². The Kier molecular flexibility index (Phi) is 4.98. The van der Waals surface area contributed by atoms with Crippen molar-refractivity contribution >= 4 is 23.2 Å². The van der Waals surface area contributed by atoms with Crippen molar-refractivity contribution in [2.24, 2.45) is 11.8 Å². The third kappa shape index (κ3) is 3.87. The van der Waals surface area contributed by atoms with Crippen molar-refractivity contribution in [1.82, 2.24) is 0 Å². The minimum Gasteiger partial charge on any atom is -0.495 e. The molecule has 0 saturated heterocycles. The summed E-state index contributed by atoms with van der Waals surface area (Å²) in [6, 6.07) is 11.5. The van der Waals surface area contributed by atoms with Gasteiger partial charge in [0.1, 0.15) is 5.75 Å². The number of carbonyl (C=O) groups excluding carboxylic acids is 2. The molecule has 2 atom stereocenters. The smallest absolute Gasteiger partial charge is 0.228 e. The molecule has 136 valence electrons. The van der Waals surface area contributed by atoms with Gasteiger partial charge in [-0.1, -0.05) is 23.8 Å². The van der Waals surface area contributed by atoms with Gasteiger partial charge in [-0.3, -0.25) is 9.59 Å². The van der Waals surface area contributed by atoms with Crippen LogP contribution in [-0.4, -0.2) is 18.9 Å². The number of hydrogen-bond acceptors (Lipinski definition) is 3. The maximum atomic E-state index is 12.5. The van der Waals surface area contributed by atoms with E-state index >= 15 is 0 Å². The molecule has 1 aliphatic carbocycles. The van der Waals surface area contributed by atoms with E-state index in [9.17, 15) is 9.59 Å². The molecule has 0 aromatic heterocycles. The Bertz CT molecular complexity index is 860. The quantitative estimate of drug-likeness (QED) is 0.859. The molecule has 2 aromatic rings. The summed E-state index contributed by atoms with van der Waals surface area (Å²) in [7, 11) is 1.57. The van der Waals surface area contributed by atoms with Crippen LogP contribution < -0.4 is 15.4 Å².